The Bertz CT molecular complexity index is 531. The summed E-state index contributed by atoms with van der Waals surface area (Å²) in [5.41, 5.74) is 0.379. The summed E-state index contributed by atoms with van der Waals surface area (Å²) < 4.78 is 11.4. The second-order valence-electron chi connectivity index (χ2n) is 6.48. The Hall–Kier alpha value is -1.73. The fourth-order valence-electron chi connectivity index (χ4n) is 2.85. The van der Waals surface area contributed by atoms with Crippen LogP contribution in [0.25, 0.3) is 0 Å². The van der Waals surface area contributed by atoms with Gasteiger partial charge in [-0.25, -0.2) is 0 Å². The molecule has 0 radical (unpaired) electrons. The van der Waals surface area contributed by atoms with Crippen molar-refractivity contribution in [2.45, 2.75) is 32.5 Å². The molecule has 1 aromatic rings. The predicted molar refractivity (Wildman–Crippen MR) is 85.1 cm³/mol. The van der Waals surface area contributed by atoms with Crippen molar-refractivity contribution >= 4 is 11.7 Å². The van der Waals surface area contributed by atoms with E-state index in [-0.39, 0.29) is 5.91 Å². The zero-order chi connectivity index (χ0) is 16.3. The van der Waals surface area contributed by atoms with Crippen LogP contribution in [0.5, 0.6) is 0 Å². The molecule has 0 unspecified atom stereocenters. The van der Waals surface area contributed by atoms with Crippen LogP contribution in [0.1, 0.15) is 37.2 Å². The smallest absolute Gasteiger partial charge is 0.274 e. The minimum Gasteiger partial charge on any atom is -0.368 e. The summed E-state index contributed by atoms with van der Waals surface area (Å²) >= 11 is 0. The number of carbonyl (C=O) groups is 1. The van der Waals surface area contributed by atoms with Gasteiger partial charge in [-0.05, 0) is 18.1 Å². The number of rotatable bonds is 4. The van der Waals surface area contributed by atoms with Gasteiger partial charge < -0.3 is 19.7 Å². The molecule has 0 bridgehead atoms. The van der Waals surface area contributed by atoms with Crippen molar-refractivity contribution < 1.29 is 14.3 Å². The maximum Gasteiger partial charge on any atom is 0.274 e. The van der Waals surface area contributed by atoms with Gasteiger partial charge in [-0.2, -0.15) is 0 Å². The van der Waals surface area contributed by atoms with Crippen molar-refractivity contribution in [3.05, 3.63) is 17.8 Å². The van der Waals surface area contributed by atoms with Gasteiger partial charge in [0.25, 0.3) is 5.91 Å². The molecule has 0 aliphatic carbocycles. The van der Waals surface area contributed by atoms with Crippen LogP contribution in [0.3, 0.4) is 0 Å². The summed E-state index contributed by atoms with van der Waals surface area (Å²) in [7, 11) is 0. The van der Waals surface area contributed by atoms with Gasteiger partial charge in [-0.1, -0.05) is 13.8 Å². The second-order valence-corrected chi connectivity index (χ2v) is 6.48. The monoisotopic (exact) mass is 320 g/mol. The average molecular weight is 320 g/mol. The van der Waals surface area contributed by atoms with Crippen molar-refractivity contribution in [2.24, 2.45) is 5.92 Å². The molecular formula is C16H24N4O3. The third kappa shape index (κ3) is 3.79. The van der Waals surface area contributed by atoms with Crippen molar-refractivity contribution in [1.82, 2.24) is 15.1 Å². The molecule has 3 rings (SSSR count). The van der Waals surface area contributed by atoms with Crippen LogP contribution < -0.4 is 5.32 Å². The number of nitrogens with one attached hydrogen (secondary N) is 1. The lowest BCUT2D eigenvalue weighted by atomic mass is 10.0. The van der Waals surface area contributed by atoms with Crippen LogP contribution in [0.2, 0.25) is 0 Å². The highest BCUT2D eigenvalue weighted by Crippen LogP contribution is 2.31. The van der Waals surface area contributed by atoms with Crippen LogP contribution in [0.4, 0.5) is 5.82 Å². The minimum atomic E-state index is -0.465. The fourth-order valence-corrected chi connectivity index (χ4v) is 2.85. The van der Waals surface area contributed by atoms with E-state index in [1.54, 1.807) is 17.0 Å². The molecule has 0 saturated carbocycles. The number of likely N-dealkylation sites (tertiary alicyclic amines) is 1. The van der Waals surface area contributed by atoms with Crippen LogP contribution in [-0.2, 0) is 9.47 Å². The second kappa shape index (κ2) is 6.80. The van der Waals surface area contributed by atoms with Gasteiger partial charge in [0.2, 0.25) is 0 Å². The van der Waals surface area contributed by atoms with E-state index < -0.39 is 5.79 Å². The van der Waals surface area contributed by atoms with Gasteiger partial charge in [0.1, 0.15) is 5.82 Å². The molecule has 1 amide bonds. The molecule has 2 fully saturated rings. The van der Waals surface area contributed by atoms with Gasteiger partial charge in [-0.3, -0.25) is 4.79 Å². The molecule has 1 aromatic heterocycles. The standard InChI is InChI=1S/C16H24N4O3/c1-12(2)11-17-14-4-3-13(18-19-14)15(21)20-7-5-16(6-8-20)22-9-10-23-16/h3-4,12H,5-11H2,1-2H3,(H,17,19). The lowest BCUT2D eigenvalue weighted by molar-refractivity contribution is -0.181. The summed E-state index contributed by atoms with van der Waals surface area (Å²) in [4.78, 5) is 14.3. The van der Waals surface area contributed by atoms with Crippen LogP contribution >= 0.6 is 0 Å². The molecule has 2 aliphatic heterocycles. The maximum absolute atomic E-state index is 12.5. The van der Waals surface area contributed by atoms with E-state index >= 15 is 0 Å². The van der Waals surface area contributed by atoms with Gasteiger partial charge in [0, 0.05) is 32.5 Å². The number of hydrogen-bond donors (Lipinski definition) is 1. The Morgan fingerprint density at radius 3 is 2.52 bits per heavy atom. The number of anilines is 1. The topological polar surface area (TPSA) is 76.6 Å². The number of ether oxygens (including phenoxy) is 2. The summed E-state index contributed by atoms with van der Waals surface area (Å²) in [5, 5.41) is 11.3. The van der Waals surface area contributed by atoms with Crippen molar-refractivity contribution in [3.8, 4) is 0 Å². The molecule has 2 aliphatic rings. The molecule has 23 heavy (non-hydrogen) atoms. The highest BCUT2D eigenvalue weighted by molar-refractivity contribution is 5.92. The van der Waals surface area contributed by atoms with E-state index in [1.165, 1.54) is 0 Å². The molecule has 0 atom stereocenters. The molecule has 126 valence electrons. The molecule has 1 N–H and O–H groups in total. The van der Waals surface area contributed by atoms with Gasteiger partial charge in [0.05, 0.1) is 13.2 Å². The first-order valence-electron chi connectivity index (χ1n) is 8.23. The number of hydrogen-bond acceptors (Lipinski definition) is 6. The lowest BCUT2D eigenvalue weighted by Gasteiger charge is -2.37. The van der Waals surface area contributed by atoms with E-state index in [1.807, 2.05) is 0 Å². The Morgan fingerprint density at radius 2 is 1.96 bits per heavy atom. The molecule has 3 heterocycles. The number of amides is 1. The SMILES string of the molecule is CC(C)CNc1ccc(C(=O)N2CCC3(CC2)OCCO3)nn1. The van der Waals surface area contributed by atoms with E-state index in [0.29, 0.717) is 56.6 Å². The third-order valence-electron chi connectivity index (χ3n) is 4.20. The first kappa shape index (κ1) is 16.1. The molecule has 1 spiro atoms. The first-order chi connectivity index (χ1) is 11.1. The highest BCUT2D eigenvalue weighted by atomic mass is 16.7. The van der Waals surface area contributed by atoms with Gasteiger partial charge in [0.15, 0.2) is 11.5 Å². The highest BCUT2D eigenvalue weighted by Gasteiger charge is 2.41. The van der Waals surface area contributed by atoms with Crippen LogP contribution in [0, 0.1) is 5.92 Å². The fraction of sp³-hybridized carbons (Fsp3) is 0.688. The zero-order valence-electron chi connectivity index (χ0n) is 13.7. The third-order valence-corrected chi connectivity index (χ3v) is 4.20. The van der Waals surface area contributed by atoms with E-state index in [9.17, 15) is 4.79 Å². The largest absolute Gasteiger partial charge is 0.368 e. The molecule has 2 saturated heterocycles. The molecule has 7 heteroatoms. The number of nitrogens with zero attached hydrogens (tertiary/aromatic N) is 3. The summed E-state index contributed by atoms with van der Waals surface area (Å²) in [5.74, 6) is 0.674. The van der Waals surface area contributed by atoms with Gasteiger partial charge in [-0.15, -0.1) is 10.2 Å². The molecule has 0 aromatic carbocycles. The lowest BCUT2D eigenvalue weighted by Crippen LogP contribution is -2.47. The molecular weight excluding hydrogens is 296 g/mol. The Kier molecular flexibility index (Phi) is 4.77. The van der Waals surface area contributed by atoms with Crippen molar-refractivity contribution in [3.63, 3.8) is 0 Å². The quantitative estimate of drug-likeness (QED) is 0.906. The average Bonchev–Trinajstić information content (AvgIpc) is 3.02. The van der Waals surface area contributed by atoms with Crippen molar-refractivity contribution in [2.75, 3.05) is 38.2 Å². The Morgan fingerprint density at radius 1 is 1.26 bits per heavy atom. The normalized spacial score (nSPS) is 20.2. The van der Waals surface area contributed by atoms with Crippen LogP contribution in [0.15, 0.2) is 12.1 Å². The van der Waals surface area contributed by atoms with E-state index in [4.69, 9.17) is 9.47 Å². The number of piperidine rings is 1. The number of aromatic nitrogens is 2. The van der Waals surface area contributed by atoms with Crippen LogP contribution in [-0.4, -0.2) is 59.6 Å². The molecule has 7 nitrogen and oxygen atoms in total. The summed E-state index contributed by atoms with van der Waals surface area (Å²) in [6, 6.07) is 3.53. The number of carbonyl (C=O) groups excluding carboxylic acids is 1. The minimum absolute atomic E-state index is 0.0826. The summed E-state index contributed by atoms with van der Waals surface area (Å²) in [6.07, 6.45) is 1.42. The summed E-state index contributed by atoms with van der Waals surface area (Å²) in [6.45, 7) is 7.60. The Labute approximate surface area is 136 Å². The van der Waals surface area contributed by atoms with Gasteiger partial charge >= 0.3 is 0 Å². The van der Waals surface area contributed by atoms with Crippen molar-refractivity contribution in [1.29, 1.82) is 0 Å². The van der Waals surface area contributed by atoms with E-state index in [2.05, 4.69) is 29.4 Å². The van der Waals surface area contributed by atoms with E-state index in [0.717, 1.165) is 6.54 Å². The maximum atomic E-state index is 12.5. The first-order valence-corrected chi connectivity index (χ1v) is 8.23. The Balaban J connectivity index is 1.56. The zero-order valence-corrected chi connectivity index (χ0v) is 13.7. The predicted octanol–water partition coefficient (Wildman–Crippen LogP) is 1.52.